The number of rotatable bonds is 5. The zero-order valence-corrected chi connectivity index (χ0v) is 15.2. The van der Waals surface area contributed by atoms with E-state index in [-0.39, 0.29) is 27.2 Å². The number of aryl methyl sites for hydroxylation is 1. The minimum Gasteiger partial charge on any atom is -0.355 e. The van der Waals surface area contributed by atoms with Crippen LogP contribution in [0.2, 0.25) is 5.02 Å². The molecule has 3 nitrogen and oxygen atoms in total. The van der Waals surface area contributed by atoms with Crippen molar-refractivity contribution in [3.63, 3.8) is 0 Å². The van der Waals surface area contributed by atoms with Gasteiger partial charge in [-0.05, 0) is 44.5 Å². The van der Waals surface area contributed by atoms with E-state index in [0.29, 0.717) is 22.5 Å². The van der Waals surface area contributed by atoms with Crippen molar-refractivity contribution in [1.82, 2.24) is 4.98 Å². The normalized spacial score (nSPS) is 11.6. The Morgan fingerprint density at radius 3 is 2.40 bits per heavy atom. The third-order valence-electron chi connectivity index (χ3n) is 3.68. The molecule has 8 heteroatoms. The van der Waals surface area contributed by atoms with Crippen LogP contribution in [0.4, 0.5) is 13.2 Å². The van der Waals surface area contributed by atoms with E-state index in [4.69, 9.17) is 11.6 Å². The van der Waals surface area contributed by atoms with Crippen molar-refractivity contribution in [2.45, 2.75) is 31.8 Å². The third-order valence-corrected chi connectivity index (χ3v) is 5.00. The summed E-state index contributed by atoms with van der Waals surface area (Å²) < 4.78 is 38.6. The Morgan fingerprint density at radius 1 is 1.24 bits per heavy atom. The van der Waals surface area contributed by atoms with E-state index in [0.717, 1.165) is 23.9 Å². The maximum absolute atomic E-state index is 12.9. The van der Waals surface area contributed by atoms with Crippen molar-refractivity contribution in [1.29, 1.82) is 0 Å². The highest BCUT2D eigenvalue weighted by Gasteiger charge is 2.33. The fraction of sp³-hybridized carbons (Fsp3) is 0.294. The number of ketones is 2. The van der Waals surface area contributed by atoms with Crippen molar-refractivity contribution >= 4 is 34.9 Å². The molecule has 1 aromatic heterocycles. The highest BCUT2D eigenvalue weighted by molar-refractivity contribution is 8.00. The number of nitrogens with one attached hydrogen (secondary N) is 1. The largest absolute Gasteiger partial charge is 0.417 e. The van der Waals surface area contributed by atoms with Gasteiger partial charge in [0.25, 0.3) is 0 Å². The van der Waals surface area contributed by atoms with Gasteiger partial charge in [-0.15, -0.1) is 11.8 Å². The summed E-state index contributed by atoms with van der Waals surface area (Å²) in [4.78, 5) is 27.2. The van der Waals surface area contributed by atoms with Crippen LogP contribution >= 0.6 is 23.4 Å². The summed E-state index contributed by atoms with van der Waals surface area (Å²) in [5.41, 5.74) is 1.00. The molecule has 0 aliphatic heterocycles. The number of hydrogen-bond acceptors (Lipinski definition) is 3. The summed E-state index contributed by atoms with van der Waals surface area (Å²) in [5.74, 6) is -0.496. The molecule has 0 saturated carbocycles. The molecule has 0 spiro atoms. The number of carbonyl (C=O) groups is 2. The Hall–Kier alpha value is -1.73. The number of aromatic nitrogens is 1. The molecule has 1 heterocycles. The molecule has 0 fully saturated rings. The van der Waals surface area contributed by atoms with Crippen molar-refractivity contribution in [2.75, 3.05) is 5.75 Å². The first-order valence-corrected chi connectivity index (χ1v) is 8.61. The molecular formula is C17H15ClF3NO2S. The third kappa shape index (κ3) is 4.27. The number of H-pyrrole nitrogens is 1. The second-order valence-electron chi connectivity index (χ2n) is 5.53. The van der Waals surface area contributed by atoms with E-state index in [1.165, 1.54) is 13.0 Å². The number of hydrogen-bond donors (Lipinski definition) is 1. The summed E-state index contributed by atoms with van der Waals surface area (Å²) in [5, 5.41) is -0.384. The Bertz CT molecular complexity index is 843. The maximum atomic E-state index is 12.9. The van der Waals surface area contributed by atoms with Gasteiger partial charge in [0.1, 0.15) is 0 Å². The van der Waals surface area contributed by atoms with Gasteiger partial charge in [-0.3, -0.25) is 9.59 Å². The molecule has 0 radical (unpaired) electrons. The molecule has 2 aromatic rings. The molecule has 134 valence electrons. The van der Waals surface area contributed by atoms with Crippen LogP contribution in [0.3, 0.4) is 0 Å². The van der Waals surface area contributed by atoms with E-state index in [9.17, 15) is 22.8 Å². The van der Waals surface area contributed by atoms with Crippen LogP contribution in [0.1, 0.15) is 44.6 Å². The topological polar surface area (TPSA) is 49.9 Å². The predicted molar refractivity (Wildman–Crippen MR) is 91.8 cm³/mol. The Labute approximate surface area is 151 Å². The van der Waals surface area contributed by atoms with Gasteiger partial charge in [0, 0.05) is 16.2 Å². The molecule has 1 aromatic carbocycles. The van der Waals surface area contributed by atoms with Gasteiger partial charge in [-0.2, -0.15) is 13.2 Å². The zero-order valence-electron chi connectivity index (χ0n) is 13.7. The summed E-state index contributed by atoms with van der Waals surface area (Å²) >= 11 is 6.56. The van der Waals surface area contributed by atoms with Gasteiger partial charge in [0.15, 0.2) is 11.6 Å². The molecule has 25 heavy (non-hydrogen) atoms. The lowest BCUT2D eigenvalue weighted by Gasteiger charge is -2.10. The molecule has 2 rings (SSSR count). The van der Waals surface area contributed by atoms with Gasteiger partial charge in [0.2, 0.25) is 0 Å². The second-order valence-corrected chi connectivity index (χ2v) is 6.99. The maximum Gasteiger partial charge on any atom is 0.417 e. The number of alkyl halides is 3. The van der Waals surface area contributed by atoms with Crippen LogP contribution in [0.5, 0.6) is 0 Å². The molecule has 0 atom stereocenters. The first kappa shape index (κ1) is 19.6. The minimum absolute atomic E-state index is 0.0585. The predicted octanol–water partition coefficient (Wildman–Crippen LogP) is 5.48. The van der Waals surface area contributed by atoms with Crippen molar-refractivity contribution in [2.24, 2.45) is 0 Å². The van der Waals surface area contributed by atoms with Crippen molar-refractivity contribution < 1.29 is 22.8 Å². The Balaban J connectivity index is 2.19. The molecule has 0 amide bonds. The lowest BCUT2D eigenvalue weighted by atomic mass is 10.1. The molecule has 0 aliphatic rings. The summed E-state index contributed by atoms with van der Waals surface area (Å²) in [6.45, 7) is 4.78. The van der Waals surface area contributed by atoms with Gasteiger partial charge >= 0.3 is 6.18 Å². The lowest BCUT2D eigenvalue weighted by Crippen LogP contribution is -2.07. The SMILES string of the molecule is CC(=O)c1c(C)[nH]c(C(=O)CSc2ccc(Cl)c(C(F)(F)F)c2)c1C. The molecule has 0 saturated heterocycles. The van der Waals surface area contributed by atoms with Gasteiger partial charge in [-0.25, -0.2) is 0 Å². The highest BCUT2D eigenvalue weighted by Crippen LogP contribution is 2.37. The van der Waals surface area contributed by atoms with Gasteiger partial charge < -0.3 is 4.98 Å². The van der Waals surface area contributed by atoms with Crippen LogP contribution < -0.4 is 0 Å². The van der Waals surface area contributed by atoms with E-state index in [1.807, 2.05) is 0 Å². The van der Waals surface area contributed by atoms with Gasteiger partial charge in [-0.1, -0.05) is 11.6 Å². The number of benzene rings is 1. The number of Topliss-reactive ketones (excluding diaryl/α,β-unsaturated/α-hetero) is 2. The summed E-state index contributed by atoms with van der Waals surface area (Å²) in [7, 11) is 0. The zero-order chi connectivity index (χ0) is 18.9. The highest BCUT2D eigenvalue weighted by atomic mass is 35.5. The molecule has 0 aliphatic carbocycles. The van der Waals surface area contributed by atoms with Crippen LogP contribution in [0, 0.1) is 13.8 Å². The van der Waals surface area contributed by atoms with E-state index in [1.54, 1.807) is 13.8 Å². The fourth-order valence-electron chi connectivity index (χ4n) is 2.59. The minimum atomic E-state index is -4.55. The molecular weight excluding hydrogens is 375 g/mol. The Kier molecular flexibility index (Phi) is 5.68. The summed E-state index contributed by atoms with van der Waals surface area (Å²) in [6.07, 6.45) is -4.55. The van der Waals surface area contributed by atoms with Crippen LogP contribution in [-0.2, 0) is 6.18 Å². The average Bonchev–Trinajstić information content (AvgIpc) is 2.79. The first-order valence-electron chi connectivity index (χ1n) is 7.25. The van der Waals surface area contributed by atoms with Crippen molar-refractivity contribution in [3.8, 4) is 0 Å². The molecule has 1 N–H and O–H groups in total. The quantitative estimate of drug-likeness (QED) is 0.544. The second kappa shape index (κ2) is 7.25. The van der Waals surface area contributed by atoms with Gasteiger partial charge in [0.05, 0.1) is 22.0 Å². The van der Waals surface area contributed by atoms with E-state index >= 15 is 0 Å². The monoisotopic (exact) mass is 389 g/mol. The first-order chi connectivity index (χ1) is 11.5. The number of carbonyl (C=O) groups excluding carboxylic acids is 2. The van der Waals surface area contributed by atoms with Crippen molar-refractivity contribution in [3.05, 3.63) is 51.3 Å². The fourth-order valence-corrected chi connectivity index (χ4v) is 3.62. The molecule has 0 bridgehead atoms. The van der Waals surface area contributed by atoms with Crippen LogP contribution in [0.25, 0.3) is 0 Å². The van der Waals surface area contributed by atoms with E-state index < -0.39 is 11.7 Å². The van der Waals surface area contributed by atoms with E-state index in [2.05, 4.69) is 4.98 Å². The Morgan fingerprint density at radius 2 is 1.88 bits per heavy atom. The number of thioether (sulfide) groups is 1. The van der Waals surface area contributed by atoms with Crippen LogP contribution in [-0.4, -0.2) is 22.3 Å². The summed E-state index contributed by atoms with van der Waals surface area (Å²) in [6, 6.07) is 3.52. The lowest BCUT2D eigenvalue weighted by molar-refractivity contribution is -0.137. The smallest absolute Gasteiger partial charge is 0.355 e. The average molecular weight is 390 g/mol. The number of halogens is 4. The number of aromatic amines is 1. The van der Waals surface area contributed by atoms with Crippen LogP contribution in [0.15, 0.2) is 23.1 Å². The molecule has 0 unspecified atom stereocenters. The standard InChI is InChI=1S/C17H15ClF3NO2S/c1-8-15(10(3)23)9(2)22-16(8)14(24)7-25-11-4-5-13(18)12(6-11)17(19,20)21/h4-6,22H,7H2,1-3H3.